The third-order valence-electron chi connectivity index (χ3n) is 4.82. The monoisotopic (exact) mass is 419 g/mol. The van der Waals surface area contributed by atoms with Gasteiger partial charge in [0.1, 0.15) is 6.04 Å². The number of ether oxygens (including phenoxy) is 1. The average molecular weight is 419 g/mol. The molecule has 0 radical (unpaired) electrons. The van der Waals surface area contributed by atoms with Gasteiger partial charge in [-0.25, -0.2) is 9.48 Å². The molecule has 0 fully saturated rings. The van der Waals surface area contributed by atoms with Gasteiger partial charge in [-0.1, -0.05) is 36.8 Å². The highest BCUT2D eigenvalue weighted by molar-refractivity contribution is 5.95. The predicted octanol–water partition coefficient (Wildman–Crippen LogP) is 3.99. The number of amides is 1. The van der Waals surface area contributed by atoms with Crippen molar-refractivity contribution in [3.05, 3.63) is 82.1 Å². The zero-order valence-corrected chi connectivity index (χ0v) is 17.8. The maximum atomic E-state index is 12.9. The SMILES string of the molecule is CCOC(=O)c1ccc(NC(=O)C(CC)n2nc(-c3ccc(C)cc3)ccc2=O)cc1. The van der Waals surface area contributed by atoms with E-state index >= 15 is 0 Å². The first kappa shape index (κ1) is 22.0. The van der Waals surface area contributed by atoms with Crippen LogP contribution in [0.5, 0.6) is 0 Å². The van der Waals surface area contributed by atoms with Gasteiger partial charge in [-0.3, -0.25) is 9.59 Å². The van der Waals surface area contributed by atoms with Crippen LogP contribution in [0.25, 0.3) is 11.3 Å². The van der Waals surface area contributed by atoms with Crippen molar-refractivity contribution in [1.29, 1.82) is 0 Å². The van der Waals surface area contributed by atoms with Crippen molar-refractivity contribution in [3.63, 3.8) is 0 Å². The van der Waals surface area contributed by atoms with Crippen LogP contribution in [0.3, 0.4) is 0 Å². The maximum absolute atomic E-state index is 12.9. The molecular formula is C24H25N3O4. The van der Waals surface area contributed by atoms with Crippen LogP contribution in [0.15, 0.2) is 65.5 Å². The fourth-order valence-electron chi connectivity index (χ4n) is 3.13. The molecule has 1 atom stereocenters. The van der Waals surface area contributed by atoms with E-state index in [-0.39, 0.29) is 11.5 Å². The number of aromatic nitrogens is 2. The first-order valence-corrected chi connectivity index (χ1v) is 10.2. The average Bonchev–Trinajstić information content (AvgIpc) is 2.77. The molecule has 0 saturated carbocycles. The second kappa shape index (κ2) is 9.84. The Morgan fingerprint density at radius 2 is 1.68 bits per heavy atom. The summed E-state index contributed by atoms with van der Waals surface area (Å²) >= 11 is 0. The number of nitrogens with zero attached hydrogens (tertiary/aromatic N) is 2. The van der Waals surface area contributed by atoms with Crippen LogP contribution in [-0.2, 0) is 9.53 Å². The van der Waals surface area contributed by atoms with Gasteiger partial charge in [0.05, 0.1) is 17.9 Å². The summed E-state index contributed by atoms with van der Waals surface area (Å²) in [5.41, 5.74) is 3.16. The number of nitrogens with one attached hydrogen (secondary N) is 1. The third kappa shape index (κ3) is 5.25. The van der Waals surface area contributed by atoms with Crippen molar-refractivity contribution < 1.29 is 14.3 Å². The first-order chi connectivity index (χ1) is 14.9. The molecule has 31 heavy (non-hydrogen) atoms. The Kier molecular flexibility index (Phi) is 6.97. The molecule has 1 N–H and O–H groups in total. The summed E-state index contributed by atoms with van der Waals surface area (Å²) in [4.78, 5) is 37.1. The Morgan fingerprint density at radius 1 is 1.00 bits per heavy atom. The quantitative estimate of drug-likeness (QED) is 0.585. The first-order valence-electron chi connectivity index (χ1n) is 10.2. The van der Waals surface area contributed by atoms with E-state index in [0.29, 0.717) is 30.0 Å². The van der Waals surface area contributed by atoms with E-state index in [9.17, 15) is 14.4 Å². The molecule has 0 aliphatic carbocycles. The van der Waals surface area contributed by atoms with Gasteiger partial charge < -0.3 is 10.1 Å². The lowest BCUT2D eigenvalue weighted by atomic mass is 10.1. The summed E-state index contributed by atoms with van der Waals surface area (Å²) in [6.07, 6.45) is 0.386. The number of benzene rings is 2. The highest BCUT2D eigenvalue weighted by Gasteiger charge is 2.21. The zero-order chi connectivity index (χ0) is 22.4. The van der Waals surface area contributed by atoms with Crippen LogP contribution in [0.4, 0.5) is 5.69 Å². The molecule has 3 aromatic rings. The van der Waals surface area contributed by atoms with E-state index in [1.54, 1.807) is 37.3 Å². The van der Waals surface area contributed by atoms with E-state index in [1.165, 1.54) is 10.7 Å². The molecule has 7 nitrogen and oxygen atoms in total. The Morgan fingerprint density at radius 3 is 2.29 bits per heavy atom. The summed E-state index contributed by atoms with van der Waals surface area (Å²) in [6, 6.07) is 16.5. The molecule has 1 amide bonds. The molecule has 2 aromatic carbocycles. The lowest BCUT2D eigenvalue weighted by Crippen LogP contribution is -2.34. The van der Waals surface area contributed by atoms with Crippen LogP contribution in [-0.4, -0.2) is 28.3 Å². The maximum Gasteiger partial charge on any atom is 0.338 e. The van der Waals surface area contributed by atoms with Crippen LogP contribution >= 0.6 is 0 Å². The predicted molar refractivity (Wildman–Crippen MR) is 119 cm³/mol. The van der Waals surface area contributed by atoms with Gasteiger partial charge in [-0.05, 0) is 50.6 Å². The summed E-state index contributed by atoms with van der Waals surface area (Å²) in [7, 11) is 0. The van der Waals surface area contributed by atoms with Gasteiger partial charge in [-0.15, -0.1) is 0 Å². The fourth-order valence-corrected chi connectivity index (χ4v) is 3.13. The van der Waals surface area contributed by atoms with Gasteiger partial charge in [0.15, 0.2) is 0 Å². The van der Waals surface area contributed by atoms with Crippen LogP contribution in [0, 0.1) is 6.92 Å². The molecule has 0 saturated heterocycles. The van der Waals surface area contributed by atoms with E-state index in [1.807, 2.05) is 38.1 Å². The normalized spacial score (nSPS) is 11.6. The van der Waals surface area contributed by atoms with E-state index in [2.05, 4.69) is 10.4 Å². The van der Waals surface area contributed by atoms with Crippen molar-refractivity contribution in [1.82, 2.24) is 9.78 Å². The standard InChI is InChI=1S/C24H25N3O4/c1-4-21(23(29)25-19-12-10-18(11-13-19)24(30)31-5-2)27-22(28)15-14-20(26-27)17-8-6-16(3)7-9-17/h6-15,21H,4-5H2,1-3H3,(H,25,29). The molecule has 0 bridgehead atoms. The topological polar surface area (TPSA) is 90.3 Å². The van der Waals surface area contributed by atoms with E-state index in [0.717, 1.165) is 11.1 Å². The van der Waals surface area contributed by atoms with Crippen LogP contribution in [0.1, 0.15) is 42.2 Å². The van der Waals surface area contributed by atoms with Crippen LogP contribution < -0.4 is 10.9 Å². The Balaban J connectivity index is 1.82. The second-order valence-corrected chi connectivity index (χ2v) is 7.08. The minimum atomic E-state index is -0.775. The van der Waals surface area contributed by atoms with Crippen molar-refractivity contribution in [2.75, 3.05) is 11.9 Å². The lowest BCUT2D eigenvalue weighted by Gasteiger charge is -2.17. The zero-order valence-electron chi connectivity index (χ0n) is 17.8. The van der Waals surface area contributed by atoms with Crippen LogP contribution in [0.2, 0.25) is 0 Å². The highest BCUT2D eigenvalue weighted by Crippen LogP contribution is 2.19. The molecule has 3 rings (SSSR count). The highest BCUT2D eigenvalue weighted by atomic mass is 16.5. The molecule has 160 valence electrons. The number of rotatable bonds is 7. The fraction of sp³-hybridized carbons (Fsp3) is 0.250. The van der Waals surface area contributed by atoms with Gasteiger partial charge in [0.2, 0.25) is 5.91 Å². The van der Waals surface area contributed by atoms with Crippen molar-refractivity contribution >= 4 is 17.6 Å². The smallest absolute Gasteiger partial charge is 0.338 e. The number of hydrogen-bond donors (Lipinski definition) is 1. The largest absolute Gasteiger partial charge is 0.462 e. The lowest BCUT2D eigenvalue weighted by molar-refractivity contribution is -0.119. The Bertz CT molecular complexity index is 1120. The minimum absolute atomic E-state index is 0.291. The van der Waals surface area contributed by atoms with Crippen molar-refractivity contribution in [3.8, 4) is 11.3 Å². The molecule has 1 heterocycles. The second-order valence-electron chi connectivity index (χ2n) is 7.08. The molecule has 7 heteroatoms. The molecule has 1 unspecified atom stereocenters. The van der Waals surface area contributed by atoms with E-state index < -0.39 is 12.0 Å². The Labute approximate surface area is 180 Å². The number of carbonyl (C=O) groups excluding carboxylic acids is 2. The molecule has 0 aliphatic rings. The number of aryl methyl sites for hydroxylation is 1. The number of esters is 1. The summed E-state index contributed by atoms with van der Waals surface area (Å²) in [5.74, 6) is -0.780. The number of hydrogen-bond acceptors (Lipinski definition) is 5. The van der Waals surface area contributed by atoms with Gasteiger partial charge >= 0.3 is 5.97 Å². The molecule has 1 aromatic heterocycles. The van der Waals surface area contributed by atoms with Crippen molar-refractivity contribution in [2.24, 2.45) is 0 Å². The van der Waals surface area contributed by atoms with E-state index in [4.69, 9.17) is 4.74 Å². The summed E-state index contributed by atoms with van der Waals surface area (Å²) < 4.78 is 6.18. The Hall–Kier alpha value is -3.74. The number of carbonyl (C=O) groups is 2. The van der Waals surface area contributed by atoms with Crippen molar-refractivity contribution in [2.45, 2.75) is 33.2 Å². The van der Waals surface area contributed by atoms with Gasteiger partial charge in [-0.2, -0.15) is 5.10 Å². The minimum Gasteiger partial charge on any atom is -0.462 e. The molecular weight excluding hydrogens is 394 g/mol. The van der Waals surface area contributed by atoms with Gasteiger partial charge in [0.25, 0.3) is 5.56 Å². The molecule has 0 aliphatic heterocycles. The summed E-state index contributed by atoms with van der Waals surface area (Å²) in [5, 5.41) is 7.24. The third-order valence-corrected chi connectivity index (χ3v) is 4.82. The summed E-state index contributed by atoms with van der Waals surface area (Å²) in [6.45, 7) is 5.84. The van der Waals surface area contributed by atoms with Gasteiger partial charge in [0, 0.05) is 17.3 Å². The molecule has 0 spiro atoms. The number of anilines is 1.